The molecule has 2 fully saturated rings. The fourth-order valence-electron chi connectivity index (χ4n) is 3.78. The summed E-state index contributed by atoms with van der Waals surface area (Å²) in [5, 5.41) is 17.0. The van der Waals surface area contributed by atoms with Crippen molar-refractivity contribution in [3.8, 4) is 0 Å². The van der Waals surface area contributed by atoms with Crippen LogP contribution in [0.15, 0.2) is 6.07 Å². The van der Waals surface area contributed by atoms with Crippen molar-refractivity contribution in [3.05, 3.63) is 17.5 Å². The Labute approximate surface area is 156 Å². The molecule has 1 amide bonds. The molecular weight excluding hydrogens is 340 g/mol. The number of hydrogen-bond donors (Lipinski definition) is 2. The molecule has 7 heteroatoms. The number of halogens is 1. The van der Waals surface area contributed by atoms with E-state index in [1.165, 1.54) is 12.8 Å². The van der Waals surface area contributed by atoms with Gasteiger partial charge in [0.25, 0.3) is 5.91 Å². The lowest BCUT2D eigenvalue weighted by Gasteiger charge is -2.19. The SMILES string of the molecule is CCn1nc(C(C)C)cc1C(=O)N[C@H]1CN(CCO)C[C@@H]1C1CC1.Cl. The van der Waals surface area contributed by atoms with Gasteiger partial charge in [0, 0.05) is 32.2 Å². The Morgan fingerprint density at radius 1 is 1.40 bits per heavy atom. The van der Waals surface area contributed by atoms with Crippen LogP contribution < -0.4 is 5.32 Å². The average Bonchev–Trinajstić information content (AvgIpc) is 3.16. The van der Waals surface area contributed by atoms with E-state index in [1.807, 2.05) is 13.0 Å². The van der Waals surface area contributed by atoms with E-state index in [0.717, 1.165) is 24.7 Å². The van der Waals surface area contributed by atoms with Crippen molar-refractivity contribution in [3.63, 3.8) is 0 Å². The van der Waals surface area contributed by atoms with Gasteiger partial charge in [0.1, 0.15) is 5.69 Å². The molecule has 1 aromatic rings. The zero-order chi connectivity index (χ0) is 17.3. The number of β-amino-alcohol motifs (C(OH)–C–C–N with tert-alkyl or cyclic N) is 1. The van der Waals surface area contributed by atoms with Crippen molar-refractivity contribution in [1.82, 2.24) is 20.0 Å². The maximum atomic E-state index is 12.8. The van der Waals surface area contributed by atoms with E-state index < -0.39 is 0 Å². The highest BCUT2D eigenvalue weighted by atomic mass is 35.5. The Morgan fingerprint density at radius 2 is 2.12 bits per heavy atom. The summed E-state index contributed by atoms with van der Waals surface area (Å²) in [5.74, 6) is 1.55. The lowest BCUT2D eigenvalue weighted by molar-refractivity contribution is 0.0917. The number of carbonyl (C=O) groups excluding carboxylic acids is 1. The monoisotopic (exact) mass is 370 g/mol. The van der Waals surface area contributed by atoms with Crippen molar-refractivity contribution in [2.45, 2.75) is 52.1 Å². The van der Waals surface area contributed by atoms with E-state index in [0.29, 0.717) is 30.6 Å². The third-order valence-electron chi connectivity index (χ3n) is 5.32. The van der Waals surface area contributed by atoms with E-state index in [9.17, 15) is 9.90 Å². The van der Waals surface area contributed by atoms with Gasteiger partial charge in [-0.05, 0) is 43.6 Å². The van der Waals surface area contributed by atoms with Gasteiger partial charge in [-0.15, -0.1) is 12.4 Å². The van der Waals surface area contributed by atoms with E-state index in [1.54, 1.807) is 4.68 Å². The lowest BCUT2D eigenvalue weighted by Crippen LogP contribution is -2.42. The number of likely N-dealkylation sites (tertiary alicyclic amines) is 1. The van der Waals surface area contributed by atoms with Gasteiger partial charge in [-0.3, -0.25) is 14.4 Å². The first-order valence-electron chi connectivity index (χ1n) is 9.25. The number of aliphatic hydroxyl groups is 1. The summed E-state index contributed by atoms with van der Waals surface area (Å²) in [6.07, 6.45) is 2.54. The Hall–Kier alpha value is -1.11. The van der Waals surface area contributed by atoms with Gasteiger partial charge in [0.2, 0.25) is 0 Å². The molecule has 1 aromatic heterocycles. The average molecular weight is 371 g/mol. The molecule has 1 aliphatic carbocycles. The molecular formula is C18H31ClN4O2. The first kappa shape index (κ1) is 20.2. The predicted octanol–water partition coefficient (Wildman–Crippen LogP) is 1.88. The van der Waals surface area contributed by atoms with Gasteiger partial charge in [-0.1, -0.05) is 13.8 Å². The third-order valence-corrected chi connectivity index (χ3v) is 5.32. The number of hydrogen-bond acceptors (Lipinski definition) is 4. The van der Waals surface area contributed by atoms with Crippen LogP contribution in [0.3, 0.4) is 0 Å². The molecule has 2 N–H and O–H groups in total. The number of aromatic nitrogens is 2. The number of carbonyl (C=O) groups is 1. The van der Waals surface area contributed by atoms with Crippen LogP contribution >= 0.6 is 12.4 Å². The van der Waals surface area contributed by atoms with Crippen LogP contribution in [0, 0.1) is 11.8 Å². The summed E-state index contributed by atoms with van der Waals surface area (Å²) in [4.78, 5) is 15.1. The van der Waals surface area contributed by atoms with Crippen LogP contribution in [0.4, 0.5) is 0 Å². The Kier molecular flexibility index (Phi) is 6.88. The van der Waals surface area contributed by atoms with Crippen molar-refractivity contribution >= 4 is 18.3 Å². The maximum Gasteiger partial charge on any atom is 0.269 e. The summed E-state index contributed by atoms with van der Waals surface area (Å²) in [7, 11) is 0. The largest absolute Gasteiger partial charge is 0.395 e. The zero-order valence-corrected chi connectivity index (χ0v) is 16.3. The minimum Gasteiger partial charge on any atom is -0.395 e. The Bertz CT molecular complexity index is 586. The van der Waals surface area contributed by atoms with E-state index in [4.69, 9.17) is 0 Å². The highest BCUT2D eigenvalue weighted by Gasteiger charge is 2.43. The molecule has 2 atom stereocenters. The highest BCUT2D eigenvalue weighted by Crippen LogP contribution is 2.41. The van der Waals surface area contributed by atoms with Crippen LogP contribution in [-0.4, -0.2) is 58.0 Å². The molecule has 0 radical (unpaired) electrons. The van der Waals surface area contributed by atoms with Gasteiger partial charge in [0.15, 0.2) is 0 Å². The fourth-order valence-corrected chi connectivity index (χ4v) is 3.78. The van der Waals surface area contributed by atoms with E-state index >= 15 is 0 Å². The maximum absolute atomic E-state index is 12.8. The van der Waals surface area contributed by atoms with Crippen LogP contribution in [0.2, 0.25) is 0 Å². The van der Waals surface area contributed by atoms with Gasteiger partial charge in [-0.25, -0.2) is 0 Å². The Balaban J connectivity index is 0.00000225. The highest BCUT2D eigenvalue weighted by molar-refractivity contribution is 5.93. The second-order valence-electron chi connectivity index (χ2n) is 7.49. The number of aryl methyl sites for hydroxylation is 1. The smallest absolute Gasteiger partial charge is 0.269 e. The molecule has 3 rings (SSSR count). The first-order chi connectivity index (χ1) is 11.5. The molecule has 0 bridgehead atoms. The molecule has 0 unspecified atom stereocenters. The van der Waals surface area contributed by atoms with Gasteiger partial charge < -0.3 is 10.4 Å². The van der Waals surface area contributed by atoms with Crippen LogP contribution in [0.5, 0.6) is 0 Å². The van der Waals surface area contributed by atoms with Crippen molar-refractivity contribution in [2.24, 2.45) is 11.8 Å². The van der Waals surface area contributed by atoms with Gasteiger partial charge in [0.05, 0.1) is 12.3 Å². The molecule has 25 heavy (non-hydrogen) atoms. The van der Waals surface area contributed by atoms with Gasteiger partial charge in [-0.2, -0.15) is 5.10 Å². The molecule has 0 aromatic carbocycles. The molecule has 1 aliphatic heterocycles. The molecule has 2 heterocycles. The second kappa shape index (κ2) is 8.52. The second-order valence-corrected chi connectivity index (χ2v) is 7.49. The van der Waals surface area contributed by atoms with Crippen LogP contribution in [-0.2, 0) is 6.54 Å². The summed E-state index contributed by atoms with van der Waals surface area (Å²) < 4.78 is 1.80. The minimum atomic E-state index is -0.0160. The van der Waals surface area contributed by atoms with E-state index in [2.05, 4.69) is 29.2 Å². The molecule has 2 aliphatic rings. The number of rotatable bonds is 7. The fraction of sp³-hybridized carbons (Fsp3) is 0.778. The first-order valence-corrected chi connectivity index (χ1v) is 9.25. The number of aliphatic hydroxyl groups excluding tert-OH is 1. The molecule has 0 spiro atoms. The molecule has 1 saturated carbocycles. The molecule has 1 saturated heterocycles. The lowest BCUT2D eigenvalue weighted by atomic mass is 9.98. The van der Waals surface area contributed by atoms with Crippen LogP contribution in [0.25, 0.3) is 0 Å². The number of nitrogens with one attached hydrogen (secondary N) is 1. The number of amides is 1. The number of nitrogens with zero attached hydrogens (tertiary/aromatic N) is 3. The third kappa shape index (κ3) is 4.54. The quantitative estimate of drug-likeness (QED) is 0.768. The van der Waals surface area contributed by atoms with Crippen molar-refractivity contribution in [1.29, 1.82) is 0 Å². The normalized spacial score (nSPS) is 23.7. The Morgan fingerprint density at radius 3 is 2.68 bits per heavy atom. The zero-order valence-electron chi connectivity index (χ0n) is 15.4. The standard InChI is InChI=1S/C18H30N4O2.ClH/c1-4-22-17(9-15(20-22)12(2)3)18(24)19-16-11-21(7-8-23)10-14(16)13-5-6-13;/h9,12-14,16,23H,4-8,10-11H2,1-3H3,(H,19,24);1H/t14-,16+;/m1./s1. The summed E-state index contributed by atoms with van der Waals surface area (Å²) in [5.41, 5.74) is 1.63. The predicted molar refractivity (Wildman–Crippen MR) is 100 cm³/mol. The molecule has 142 valence electrons. The van der Waals surface area contributed by atoms with Crippen LogP contribution in [0.1, 0.15) is 55.7 Å². The minimum absolute atomic E-state index is 0. The summed E-state index contributed by atoms with van der Waals surface area (Å²) in [6.45, 7) is 9.60. The summed E-state index contributed by atoms with van der Waals surface area (Å²) in [6, 6.07) is 2.11. The summed E-state index contributed by atoms with van der Waals surface area (Å²) >= 11 is 0. The van der Waals surface area contributed by atoms with Gasteiger partial charge >= 0.3 is 0 Å². The topological polar surface area (TPSA) is 70.4 Å². The van der Waals surface area contributed by atoms with E-state index in [-0.39, 0.29) is 31.0 Å². The molecule has 6 nitrogen and oxygen atoms in total. The van der Waals surface area contributed by atoms with Crippen molar-refractivity contribution in [2.75, 3.05) is 26.2 Å². The van der Waals surface area contributed by atoms with Crippen molar-refractivity contribution < 1.29 is 9.90 Å².